The van der Waals surface area contributed by atoms with Crippen LogP contribution in [0.2, 0.25) is 0 Å². The van der Waals surface area contributed by atoms with E-state index in [-0.39, 0.29) is 5.91 Å². The summed E-state index contributed by atoms with van der Waals surface area (Å²) in [5, 5.41) is 2.87. The summed E-state index contributed by atoms with van der Waals surface area (Å²) in [5.74, 6) is -0.0998. The molecule has 0 aliphatic rings. The van der Waals surface area contributed by atoms with E-state index in [0.29, 0.717) is 18.8 Å². The summed E-state index contributed by atoms with van der Waals surface area (Å²) >= 11 is 0. The second-order valence-corrected chi connectivity index (χ2v) is 4.10. The maximum atomic E-state index is 11.7. The fourth-order valence-corrected chi connectivity index (χ4v) is 1.59. The van der Waals surface area contributed by atoms with Crippen LogP contribution in [-0.4, -0.2) is 28.5 Å². The van der Waals surface area contributed by atoms with Crippen LogP contribution in [-0.2, 0) is 6.54 Å². The third-order valence-corrected chi connectivity index (χ3v) is 2.57. The monoisotopic (exact) mass is 238 g/mol. The molecule has 0 bridgehead atoms. The third-order valence-electron chi connectivity index (χ3n) is 2.57. The minimum absolute atomic E-state index is 0.0998. The van der Waals surface area contributed by atoms with Crippen LogP contribution in [0.3, 0.4) is 0 Å². The Bertz CT molecular complexity index is 335. The molecule has 0 saturated heterocycles. The molecule has 0 atom stereocenters. The molecule has 1 aromatic rings. The van der Waals surface area contributed by atoms with Gasteiger partial charge in [0.2, 0.25) is 0 Å². The summed E-state index contributed by atoms with van der Waals surface area (Å²) < 4.78 is 1.83. The first-order valence-corrected chi connectivity index (χ1v) is 6.28. The van der Waals surface area contributed by atoms with E-state index in [9.17, 15) is 4.79 Å². The average molecular weight is 238 g/mol. The normalized spacial score (nSPS) is 10.5. The van der Waals surface area contributed by atoms with Crippen molar-refractivity contribution in [1.29, 1.82) is 0 Å². The zero-order valence-electron chi connectivity index (χ0n) is 10.5. The zero-order valence-corrected chi connectivity index (χ0v) is 10.5. The van der Waals surface area contributed by atoms with Gasteiger partial charge >= 0.3 is 0 Å². The first kappa shape index (κ1) is 13.7. The molecule has 0 aliphatic carbocycles. The van der Waals surface area contributed by atoms with Gasteiger partial charge in [-0.3, -0.25) is 4.79 Å². The van der Waals surface area contributed by atoms with E-state index in [1.807, 2.05) is 4.57 Å². The number of nitrogens with one attached hydrogen (secondary N) is 1. The van der Waals surface area contributed by atoms with E-state index in [2.05, 4.69) is 17.2 Å². The van der Waals surface area contributed by atoms with E-state index < -0.39 is 0 Å². The fraction of sp³-hybridized carbons (Fsp3) is 0.667. The van der Waals surface area contributed by atoms with Gasteiger partial charge in [-0.2, -0.15) is 0 Å². The van der Waals surface area contributed by atoms with Crippen molar-refractivity contribution in [3.05, 3.63) is 18.2 Å². The molecule has 1 aromatic heterocycles. The number of hydrogen-bond acceptors (Lipinski definition) is 3. The number of imidazole rings is 1. The Hall–Kier alpha value is -1.36. The second-order valence-electron chi connectivity index (χ2n) is 4.10. The van der Waals surface area contributed by atoms with Gasteiger partial charge in [-0.05, 0) is 6.42 Å². The van der Waals surface area contributed by atoms with Crippen LogP contribution >= 0.6 is 0 Å². The Morgan fingerprint density at radius 3 is 3.00 bits per heavy atom. The Morgan fingerprint density at radius 2 is 2.29 bits per heavy atom. The van der Waals surface area contributed by atoms with Gasteiger partial charge in [0.25, 0.3) is 5.91 Å². The number of nitrogens with zero attached hydrogens (tertiary/aromatic N) is 2. The van der Waals surface area contributed by atoms with Gasteiger partial charge in [-0.1, -0.05) is 26.2 Å². The third kappa shape index (κ3) is 4.99. The van der Waals surface area contributed by atoms with Crippen molar-refractivity contribution in [3.63, 3.8) is 0 Å². The number of rotatable bonds is 8. The predicted octanol–water partition coefficient (Wildman–Crippen LogP) is 1.15. The quantitative estimate of drug-likeness (QED) is 0.667. The molecule has 1 heterocycles. The molecular formula is C12H22N4O. The molecule has 0 aliphatic heterocycles. The molecule has 96 valence electrons. The van der Waals surface area contributed by atoms with Crippen molar-refractivity contribution in [2.75, 3.05) is 13.1 Å². The largest absolute Gasteiger partial charge is 0.351 e. The van der Waals surface area contributed by atoms with Crippen molar-refractivity contribution < 1.29 is 4.79 Å². The molecule has 5 heteroatoms. The summed E-state index contributed by atoms with van der Waals surface area (Å²) in [4.78, 5) is 15.7. The summed E-state index contributed by atoms with van der Waals surface area (Å²) in [6.07, 6.45) is 7.99. The fourth-order valence-electron chi connectivity index (χ4n) is 1.59. The Morgan fingerprint density at radius 1 is 1.47 bits per heavy atom. The summed E-state index contributed by atoms with van der Waals surface area (Å²) in [6.45, 7) is 4.14. The minimum atomic E-state index is -0.0998. The number of unbranched alkanes of at least 4 members (excludes halogenated alkanes) is 3. The molecule has 0 fully saturated rings. The van der Waals surface area contributed by atoms with E-state index in [1.54, 1.807) is 12.5 Å². The summed E-state index contributed by atoms with van der Waals surface area (Å²) in [6, 6.07) is 0. The number of hydrogen-bond donors (Lipinski definition) is 2. The van der Waals surface area contributed by atoms with Gasteiger partial charge in [0.05, 0.1) is 6.33 Å². The van der Waals surface area contributed by atoms with Crippen molar-refractivity contribution in [2.45, 2.75) is 39.2 Å². The van der Waals surface area contributed by atoms with Gasteiger partial charge in [0, 0.05) is 25.8 Å². The van der Waals surface area contributed by atoms with E-state index in [0.717, 1.165) is 13.0 Å². The molecular weight excluding hydrogens is 216 g/mol. The van der Waals surface area contributed by atoms with E-state index in [1.165, 1.54) is 19.3 Å². The highest BCUT2D eigenvalue weighted by molar-refractivity contribution is 5.91. The van der Waals surface area contributed by atoms with Crippen molar-refractivity contribution in [2.24, 2.45) is 5.73 Å². The molecule has 0 unspecified atom stereocenters. The van der Waals surface area contributed by atoms with Crippen LogP contribution in [0.4, 0.5) is 0 Å². The van der Waals surface area contributed by atoms with Gasteiger partial charge in [0.1, 0.15) is 5.69 Å². The van der Waals surface area contributed by atoms with Crippen LogP contribution in [0.1, 0.15) is 43.1 Å². The maximum Gasteiger partial charge on any atom is 0.271 e. The van der Waals surface area contributed by atoms with Crippen LogP contribution in [0, 0.1) is 0 Å². The standard InChI is InChI=1S/C12H22N4O/c1-2-3-4-5-7-14-12(17)11-9-16(8-6-13)10-15-11/h9-10H,2-8,13H2,1H3,(H,14,17). The maximum absolute atomic E-state index is 11.7. The van der Waals surface area contributed by atoms with Crippen molar-refractivity contribution in [3.8, 4) is 0 Å². The number of nitrogens with two attached hydrogens (primary N) is 1. The van der Waals surface area contributed by atoms with Crippen LogP contribution in [0.5, 0.6) is 0 Å². The number of amides is 1. The molecule has 3 N–H and O–H groups in total. The minimum Gasteiger partial charge on any atom is -0.351 e. The first-order valence-electron chi connectivity index (χ1n) is 6.28. The van der Waals surface area contributed by atoms with Gasteiger partial charge in [0.15, 0.2) is 0 Å². The second kappa shape index (κ2) is 7.84. The van der Waals surface area contributed by atoms with Crippen LogP contribution in [0.25, 0.3) is 0 Å². The van der Waals surface area contributed by atoms with Gasteiger partial charge in [-0.15, -0.1) is 0 Å². The van der Waals surface area contributed by atoms with Gasteiger partial charge < -0.3 is 15.6 Å². The zero-order chi connectivity index (χ0) is 12.5. The molecule has 5 nitrogen and oxygen atoms in total. The van der Waals surface area contributed by atoms with Gasteiger partial charge in [-0.25, -0.2) is 4.98 Å². The molecule has 17 heavy (non-hydrogen) atoms. The highest BCUT2D eigenvalue weighted by Gasteiger charge is 2.07. The Balaban J connectivity index is 2.26. The van der Waals surface area contributed by atoms with E-state index in [4.69, 9.17) is 5.73 Å². The highest BCUT2D eigenvalue weighted by Crippen LogP contribution is 1.99. The lowest BCUT2D eigenvalue weighted by Gasteiger charge is -2.02. The lowest BCUT2D eigenvalue weighted by atomic mass is 10.2. The number of carbonyl (C=O) groups excluding carboxylic acids is 1. The smallest absolute Gasteiger partial charge is 0.271 e. The molecule has 1 amide bonds. The van der Waals surface area contributed by atoms with Crippen LogP contribution < -0.4 is 11.1 Å². The van der Waals surface area contributed by atoms with Crippen molar-refractivity contribution >= 4 is 5.91 Å². The summed E-state index contributed by atoms with van der Waals surface area (Å²) in [5.41, 5.74) is 5.89. The Kier molecular flexibility index (Phi) is 6.32. The molecule has 0 spiro atoms. The summed E-state index contributed by atoms with van der Waals surface area (Å²) in [7, 11) is 0. The molecule has 0 saturated carbocycles. The average Bonchev–Trinajstić information content (AvgIpc) is 2.78. The SMILES string of the molecule is CCCCCCNC(=O)c1cn(CCN)cn1. The lowest BCUT2D eigenvalue weighted by molar-refractivity contribution is 0.0948. The van der Waals surface area contributed by atoms with Crippen molar-refractivity contribution in [1.82, 2.24) is 14.9 Å². The van der Waals surface area contributed by atoms with E-state index >= 15 is 0 Å². The van der Waals surface area contributed by atoms with Crippen LogP contribution in [0.15, 0.2) is 12.5 Å². The molecule has 0 radical (unpaired) electrons. The predicted molar refractivity (Wildman–Crippen MR) is 67.8 cm³/mol. The molecule has 1 rings (SSSR count). The number of carbonyl (C=O) groups is 1. The molecule has 0 aromatic carbocycles. The first-order chi connectivity index (χ1) is 8.27. The number of aromatic nitrogens is 2. The topological polar surface area (TPSA) is 72.9 Å². The highest BCUT2D eigenvalue weighted by atomic mass is 16.1. The lowest BCUT2D eigenvalue weighted by Crippen LogP contribution is -2.24. The Labute approximate surface area is 102 Å².